The zero-order chi connectivity index (χ0) is 20.4. The maximum absolute atomic E-state index is 12.5. The Morgan fingerprint density at radius 2 is 2.03 bits per heavy atom. The normalized spacial score (nSPS) is 15.6. The van der Waals surface area contributed by atoms with E-state index >= 15 is 0 Å². The number of esters is 1. The van der Waals surface area contributed by atoms with Gasteiger partial charge in [0.2, 0.25) is 5.76 Å². The number of nitrogens with one attached hydrogen (secondary N) is 1. The first-order chi connectivity index (χ1) is 14.1. The van der Waals surface area contributed by atoms with Gasteiger partial charge in [0.25, 0.3) is 5.91 Å². The van der Waals surface area contributed by atoms with Gasteiger partial charge in [0.05, 0.1) is 13.2 Å². The predicted octanol–water partition coefficient (Wildman–Crippen LogP) is 4.10. The van der Waals surface area contributed by atoms with E-state index in [-0.39, 0.29) is 24.3 Å². The summed E-state index contributed by atoms with van der Waals surface area (Å²) in [5.41, 5.74) is 3.62. The van der Waals surface area contributed by atoms with E-state index in [1.54, 1.807) is 32.2 Å². The number of carbonyl (C=O) groups is 2. The number of ether oxygens (including phenoxy) is 2. The molecule has 3 aromatic rings. The topological polar surface area (TPSA) is 77.8 Å². The van der Waals surface area contributed by atoms with Gasteiger partial charge in [-0.3, -0.25) is 4.79 Å². The number of aryl methyl sites for hydroxylation is 2. The quantitative estimate of drug-likeness (QED) is 0.661. The summed E-state index contributed by atoms with van der Waals surface area (Å²) < 4.78 is 16.0. The van der Waals surface area contributed by atoms with Gasteiger partial charge in [0, 0.05) is 10.9 Å². The molecule has 1 heterocycles. The number of furan rings is 1. The summed E-state index contributed by atoms with van der Waals surface area (Å²) in [5.74, 6) is -0.204. The molecule has 6 nitrogen and oxygen atoms in total. The Hall–Kier alpha value is -3.28. The maximum Gasteiger partial charge on any atom is 0.375 e. The van der Waals surface area contributed by atoms with E-state index in [9.17, 15) is 9.59 Å². The molecule has 1 aliphatic carbocycles. The minimum atomic E-state index is -0.656. The predicted molar refractivity (Wildman–Crippen MR) is 108 cm³/mol. The molecule has 0 fully saturated rings. The zero-order valence-electron chi connectivity index (χ0n) is 16.5. The molecule has 0 bridgehead atoms. The first-order valence-corrected chi connectivity index (χ1v) is 9.68. The van der Waals surface area contributed by atoms with Crippen molar-refractivity contribution in [2.24, 2.45) is 0 Å². The van der Waals surface area contributed by atoms with Crippen molar-refractivity contribution in [1.29, 1.82) is 0 Å². The highest BCUT2D eigenvalue weighted by molar-refractivity contribution is 5.97. The summed E-state index contributed by atoms with van der Waals surface area (Å²) in [4.78, 5) is 24.8. The van der Waals surface area contributed by atoms with Crippen molar-refractivity contribution in [3.8, 4) is 5.75 Å². The fourth-order valence-electron chi connectivity index (χ4n) is 3.86. The molecule has 6 heteroatoms. The average molecular weight is 393 g/mol. The Balaban J connectivity index is 1.41. The Bertz CT molecular complexity index is 1070. The van der Waals surface area contributed by atoms with Gasteiger partial charge in [-0.1, -0.05) is 24.3 Å². The lowest BCUT2D eigenvalue weighted by atomic mass is 9.88. The lowest BCUT2D eigenvalue weighted by Crippen LogP contribution is -2.34. The minimum absolute atomic E-state index is 0.0495. The van der Waals surface area contributed by atoms with Gasteiger partial charge in [-0.15, -0.1) is 0 Å². The van der Waals surface area contributed by atoms with Crippen molar-refractivity contribution in [2.45, 2.75) is 32.2 Å². The minimum Gasteiger partial charge on any atom is -0.497 e. The summed E-state index contributed by atoms with van der Waals surface area (Å²) in [6, 6.07) is 13.4. The van der Waals surface area contributed by atoms with Gasteiger partial charge in [0.15, 0.2) is 6.61 Å². The van der Waals surface area contributed by atoms with Gasteiger partial charge in [-0.25, -0.2) is 4.79 Å². The summed E-state index contributed by atoms with van der Waals surface area (Å²) in [6.07, 6.45) is 2.91. The van der Waals surface area contributed by atoms with Crippen LogP contribution in [0, 0.1) is 6.92 Å². The number of amides is 1. The molecule has 0 aliphatic heterocycles. The highest BCUT2D eigenvalue weighted by atomic mass is 16.5. The molecule has 2 aromatic carbocycles. The lowest BCUT2D eigenvalue weighted by Gasteiger charge is -2.26. The van der Waals surface area contributed by atoms with Crippen molar-refractivity contribution in [3.05, 3.63) is 64.9 Å². The molecule has 0 saturated heterocycles. The zero-order valence-corrected chi connectivity index (χ0v) is 16.5. The first kappa shape index (κ1) is 19.1. The molecule has 1 aromatic heterocycles. The fraction of sp³-hybridized carbons (Fsp3) is 0.304. The van der Waals surface area contributed by atoms with Crippen LogP contribution in [-0.4, -0.2) is 25.6 Å². The van der Waals surface area contributed by atoms with Crippen molar-refractivity contribution in [2.75, 3.05) is 13.7 Å². The second kappa shape index (κ2) is 7.99. The van der Waals surface area contributed by atoms with Gasteiger partial charge >= 0.3 is 5.97 Å². The van der Waals surface area contributed by atoms with Crippen molar-refractivity contribution < 1.29 is 23.5 Å². The van der Waals surface area contributed by atoms with Crippen LogP contribution in [0.5, 0.6) is 5.75 Å². The van der Waals surface area contributed by atoms with Crippen LogP contribution in [0.1, 0.15) is 46.1 Å². The Morgan fingerprint density at radius 1 is 1.21 bits per heavy atom. The molecule has 0 spiro atoms. The van der Waals surface area contributed by atoms with Crippen molar-refractivity contribution in [3.63, 3.8) is 0 Å². The van der Waals surface area contributed by atoms with Gasteiger partial charge in [-0.2, -0.15) is 0 Å². The van der Waals surface area contributed by atoms with Crippen LogP contribution in [0.3, 0.4) is 0 Å². The highest BCUT2D eigenvalue weighted by Gasteiger charge is 2.23. The van der Waals surface area contributed by atoms with E-state index in [1.807, 2.05) is 18.2 Å². The van der Waals surface area contributed by atoms with Gasteiger partial charge in [0.1, 0.15) is 11.3 Å². The number of benzene rings is 2. The standard InChI is InChI=1S/C23H23NO5/c1-14-18-12-16(27-2)10-11-20(18)29-22(14)23(26)28-13-21(25)24-19-9-5-7-15-6-3-4-8-17(15)19/h3-4,6,8,10-12,19H,5,7,9,13H2,1-2H3,(H,24,25). The van der Waals surface area contributed by atoms with Crippen molar-refractivity contribution in [1.82, 2.24) is 5.32 Å². The SMILES string of the molecule is COc1ccc2oc(C(=O)OCC(=O)NC3CCCc4ccccc43)c(C)c2c1. The third-order valence-electron chi connectivity index (χ3n) is 5.37. The average Bonchev–Trinajstić information content (AvgIpc) is 3.08. The molecule has 1 aliphatic rings. The molecule has 0 radical (unpaired) electrons. The van der Waals surface area contributed by atoms with Crippen LogP contribution in [-0.2, 0) is 16.0 Å². The van der Waals surface area contributed by atoms with E-state index < -0.39 is 5.97 Å². The van der Waals surface area contributed by atoms with E-state index in [0.29, 0.717) is 16.9 Å². The Kier molecular flexibility index (Phi) is 5.25. The number of carbonyl (C=O) groups excluding carboxylic acids is 2. The van der Waals surface area contributed by atoms with Crippen molar-refractivity contribution >= 4 is 22.8 Å². The van der Waals surface area contributed by atoms with Gasteiger partial charge in [-0.05, 0) is 55.5 Å². The lowest BCUT2D eigenvalue weighted by molar-refractivity contribution is -0.125. The van der Waals surface area contributed by atoms with Crippen LogP contribution in [0.25, 0.3) is 11.0 Å². The number of methoxy groups -OCH3 is 1. The number of fused-ring (bicyclic) bond motifs is 2. The number of hydrogen-bond acceptors (Lipinski definition) is 5. The second-order valence-electron chi connectivity index (χ2n) is 7.21. The van der Waals surface area contributed by atoms with Crippen LogP contribution in [0.2, 0.25) is 0 Å². The smallest absolute Gasteiger partial charge is 0.375 e. The number of hydrogen-bond donors (Lipinski definition) is 1. The summed E-state index contributed by atoms with van der Waals surface area (Å²) in [5, 5.41) is 3.75. The number of rotatable bonds is 5. The third-order valence-corrected chi connectivity index (χ3v) is 5.37. The molecular weight excluding hydrogens is 370 g/mol. The van der Waals surface area contributed by atoms with E-state index in [2.05, 4.69) is 11.4 Å². The van der Waals surface area contributed by atoms with E-state index in [4.69, 9.17) is 13.9 Å². The molecule has 1 atom stereocenters. The molecule has 1 unspecified atom stereocenters. The van der Waals surface area contributed by atoms with Crippen LogP contribution >= 0.6 is 0 Å². The Morgan fingerprint density at radius 3 is 2.86 bits per heavy atom. The fourth-order valence-corrected chi connectivity index (χ4v) is 3.86. The molecular formula is C23H23NO5. The van der Waals surface area contributed by atoms with E-state index in [0.717, 1.165) is 30.2 Å². The molecule has 1 amide bonds. The van der Waals surface area contributed by atoms with Crippen LogP contribution in [0.4, 0.5) is 0 Å². The molecule has 4 rings (SSSR count). The second-order valence-corrected chi connectivity index (χ2v) is 7.21. The summed E-state index contributed by atoms with van der Waals surface area (Å²) >= 11 is 0. The third kappa shape index (κ3) is 3.83. The van der Waals surface area contributed by atoms with E-state index in [1.165, 1.54) is 5.56 Å². The summed E-state index contributed by atoms with van der Waals surface area (Å²) in [7, 11) is 1.58. The molecule has 150 valence electrons. The Labute approximate surface area is 168 Å². The van der Waals surface area contributed by atoms with Crippen LogP contribution < -0.4 is 10.1 Å². The first-order valence-electron chi connectivity index (χ1n) is 9.68. The van der Waals surface area contributed by atoms with Gasteiger partial charge < -0.3 is 19.2 Å². The molecule has 0 saturated carbocycles. The largest absolute Gasteiger partial charge is 0.497 e. The molecule has 29 heavy (non-hydrogen) atoms. The summed E-state index contributed by atoms with van der Waals surface area (Å²) in [6.45, 7) is 1.43. The highest BCUT2D eigenvalue weighted by Crippen LogP contribution is 2.30. The monoisotopic (exact) mass is 393 g/mol. The van der Waals surface area contributed by atoms with Crippen LogP contribution in [0.15, 0.2) is 46.9 Å². The maximum atomic E-state index is 12.5. The molecule has 1 N–H and O–H groups in total.